The predicted molar refractivity (Wildman–Crippen MR) is 94.8 cm³/mol. The van der Waals surface area contributed by atoms with Crippen molar-refractivity contribution < 1.29 is 9.06 Å². The van der Waals surface area contributed by atoms with Gasteiger partial charge in [-0.2, -0.15) is 0 Å². The Hall–Kier alpha value is -0.810. The number of guanidine groups is 1. The van der Waals surface area contributed by atoms with Crippen LogP contribution in [0.25, 0.3) is 0 Å². The second kappa shape index (κ2) is 13.2. The van der Waals surface area contributed by atoms with E-state index in [1.165, 1.54) is 5.96 Å². The molecule has 0 rings (SSSR count). The van der Waals surface area contributed by atoms with Crippen LogP contribution in [-0.4, -0.2) is 121 Å². The molecular formula is C15H43N5+2. The summed E-state index contributed by atoms with van der Waals surface area (Å²) in [5, 5.41) is 0. The van der Waals surface area contributed by atoms with Gasteiger partial charge in [0.05, 0.1) is 70.5 Å². The summed E-state index contributed by atoms with van der Waals surface area (Å²) in [6.07, 6.45) is 0. The molecule has 0 atom stereocenters. The van der Waals surface area contributed by atoms with Gasteiger partial charge in [-0.05, 0) is 21.1 Å². The van der Waals surface area contributed by atoms with Gasteiger partial charge in [0.15, 0.2) is 0 Å². The third-order valence-corrected chi connectivity index (χ3v) is 1.20. The topological polar surface area (TPSA) is 12.7 Å². The second-order valence-corrected chi connectivity index (χ2v) is 7.01. The summed E-state index contributed by atoms with van der Waals surface area (Å²) in [5.74, 6) is 1.19. The summed E-state index contributed by atoms with van der Waals surface area (Å²) in [6, 6.07) is 0. The van der Waals surface area contributed by atoms with Crippen LogP contribution >= 0.6 is 0 Å². The van der Waals surface area contributed by atoms with Gasteiger partial charge in [0.25, 0.3) is 0 Å². The van der Waals surface area contributed by atoms with E-state index in [1.807, 2.05) is 68.3 Å². The van der Waals surface area contributed by atoms with Crippen molar-refractivity contribution in [3.05, 3.63) is 0 Å². The average Bonchev–Trinajstić information content (AvgIpc) is 1.94. The van der Waals surface area contributed by atoms with Crippen LogP contribution in [0.2, 0.25) is 0 Å². The van der Waals surface area contributed by atoms with E-state index in [0.717, 1.165) is 4.48 Å². The highest BCUT2D eigenvalue weighted by Gasteiger charge is 2.12. The van der Waals surface area contributed by atoms with Crippen molar-refractivity contribution in [2.45, 2.75) is 7.43 Å². The first-order chi connectivity index (χ1) is 8.20. The van der Waals surface area contributed by atoms with Crippen LogP contribution in [0.1, 0.15) is 7.43 Å². The normalized spacial score (nSPS) is 9.30. The number of nitrogens with zero attached hydrogens (tertiary/aromatic N) is 5. The highest BCUT2D eigenvalue weighted by molar-refractivity contribution is 5.73. The molecule has 126 valence electrons. The molecule has 0 heterocycles. The highest BCUT2D eigenvalue weighted by Crippen LogP contribution is 1.84. The zero-order valence-corrected chi connectivity index (χ0v) is 15.7. The summed E-state index contributed by atoms with van der Waals surface area (Å²) >= 11 is 0. The van der Waals surface area contributed by atoms with Gasteiger partial charge in [-0.15, -0.1) is 0 Å². The highest BCUT2D eigenvalue weighted by atomic mass is 15.4. The molecule has 0 aromatic heterocycles. The lowest BCUT2D eigenvalue weighted by Gasteiger charge is -2.16. The molecule has 0 bridgehead atoms. The van der Waals surface area contributed by atoms with Gasteiger partial charge in [0, 0.05) is 0 Å². The standard InChI is InChI=1S/C7H18N3.C4H12N.C3H9N.CH4/c1-8(2)7(9(3)4)10(5)6;1-5(2,3)4;1-4(2)3;/h1-6H3;1-4H3;1-3H3;1H4/q2*+1;;. The molecule has 0 aliphatic carbocycles. The Balaban J connectivity index is -0.000000108. The smallest absolute Gasteiger partial charge is 0.333 e. The van der Waals surface area contributed by atoms with Gasteiger partial charge in [0.1, 0.15) is 0 Å². The summed E-state index contributed by atoms with van der Waals surface area (Å²) in [5.41, 5.74) is 0. The molecule has 0 fully saturated rings. The van der Waals surface area contributed by atoms with E-state index in [-0.39, 0.29) is 7.43 Å². The Morgan fingerprint density at radius 3 is 0.850 bits per heavy atom. The third-order valence-electron chi connectivity index (χ3n) is 1.20. The monoisotopic (exact) mass is 293 g/mol. The molecule has 0 aliphatic rings. The van der Waals surface area contributed by atoms with Crippen LogP contribution < -0.4 is 0 Å². The van der Waals surface area contributed by atoms with Gasteiger partial charge in [-0.1, -0.05) is 7.43 Å². The van der Waals surface area contributed by atoms with E-state index >= 15 is 0 Å². The van der Waals surface area contributed by atoms with E-state index < -0.39 is 0 Å². The number of quaternary nitrogens is 1. The first kappa shape index (κ1) is 27.5. The van der Waals surface area contributed by atoms with Crippen LogP contribution in [0, 0.1) is 0 Å². The Morgan fingerprint density at radius 1 is 0.700 bits per heavy atom. The van der Waals surface area contributed by atoms with Gasteiger partial charge < -0.3 is 9.38 Å². The molecule has 0 N–H and O–H groups in total. The Bertz CT molecular complexity index is 214. The summed E-state index contributed by atoms with van der Waals surface area (Å²) in [6.45, 7) is 0. The van der Waals surface area contributed by atoms with Crippen molar-refractivity contribution in [3.8, 4) is 0 Å². The predicted octanol–water partition coefficient (Wildman–Crippen LogP) is 0.874. The van der Waals surface area contributed by atoms with Gasteiger partial charge >= 0.3 is 5.96 Å². The Morgan fingerprint density at radius 2 is 0.850 bits per heavy atom. The molecule has 0 aliphatic heterocycles. The van der Waals surface area contributed by atoms with Crippen LogP contribution in [0.3, 0.4) is 0 Å². The van der Waals surface area contributed by atoms with Crippen LogP contribution in [0.4, 0.5) is 0 Å². The first-order valence-corrected chi connectivity index (χ1v) is 6.48. The third kappa shape index (κ3) is 36.0. The van der Waals surface area contributed by atoms with Crippen molar-refractivity contribution in [3.63, 3.8) is 0 Å². The number of rotatable bonds is 0. The maximum absolute atomic E-state index is 2.12. The quantitative estimate of drug-likeness (QED) is 0.285. The van der Waals surface area contributed by atoms with Crippen molar-refractivity contribution in [2.75, 3.05) is 91.6 Å². The molecule has 5 nitrogen and oxygen atoms in total. The molecule has 0 spiro atoms. The van der Waals surface area contributed by atoms with Crippen molar-refractivity contribution in [2.24, 2.45) is 0 Å². The van der Waals surface area contributed by atoms with E-state index in [2.05, 4.69) is 42.6 Å². The number of hydrogen-bond acceptors (Lipinski definition) is 1. The maximum atomic E-state index is 2.12. The lowest BCUT2D eigenvalue weighted by Crippen LogP contribution is -2.40. The van der Waals surface area contributed by atoms with E-state index in [0.29, 0.717) is 0 Å². The number of hydrogen-bond donors (Lipinski definition) is 0. The summed E-state index contributed by atoms with van der Waals surface area (Å²) in [4.78, 5) is 6.17. The first-order valence-electron chi connectivity index (χ1n) is 6.48. The van der Waals surface area contributed by atoms with Crippen LogP contribution in [-0.2, 0) is 0 Å². The lowest BCUT2D eigenvalue weighted by molar-refractivity contribution is -0.849. The molecule has 5 heteroatoms. The molecule has 0 aromatic rings. The SMILES string of the molecule is C.CN(C)C.CN(C)C(N(C)C)=[N+](C)C.C[N+](C)(C)C. The molecule has 0 unspecified atom stereocenters. The Labute approximate surface area is 129 Å². The van der Waals surface area contributed by atoms with Crippen LogP contribution in [0.15, 0.2) is 0 Å². The molecule has 0 saturated heterocycles. The maximum Gasteiger partial charge on any atom is 0.349 e. The lowest BCUT2D eigenvalue weighted by atomic mass is 10.7. The van der Waals surface area contributed by atoms with Gasteiger partial charge in [0.2, 0.25) is 0 Å². The molecule has 0 saturated carbocycles. The molecule has 20 heavy (non-hydrogen) atoms. The second-order valence-electron chi connectivity index (χ2n) is 7.01. The van der Waals surface area contributed by atoms with E-state index in [9.17, 15) is 0 Å². The summed E-state index contributed by atoms with van der Waals surface area (Å²) < 4.78 is 3.08. The fourth-order valence-electron chi connectivity index (χ4n) is 1.20. The van der Waals surface area contributed by atoms with Gasteiger partial charge in [-0.3, -0.25) is 14.4 Å². The minimum Gasteiger partial charge on any atom is -0.333 e. The summed E-state index contributed by atoms with van der Waals surface area (Å²) in [7, 11) is 26.7. The zero-order valence-electron chi connectivity index (χ0n) is 15.7. The van der Waals surface area contributed by atoms with Crippen molar-refractivity contribution in [1.29, 1.82) is 0 Å². The molecule has 0 amide bonds. The van der Waals surface area contributed by atoms with Crippen LogP contribution in [0.5, 0.6) is 0 Å². The molecular weight excluding hydrogens is 250 g/mol. The minimum absolute atomic E-state index is 0. The van der Waals surface area contributed by atoms with E-state index in [1.54, 1.807) is 0 Å². The fourth-order valence-corrected chi connectivity index (χ4v) is 1.20. The van der Waals surface area contributed by atoms with E-state index in [4.69, 9.17) is 0 Å². The average molecular weight is 294 g/mol. The zero-order chi connectivity index (χ0) is 16.4. The Kier molecular flexibility index (Phi) is 18.1. The minimum atomic E-state index is 0. The van der Waals surface area contributed by atoms with Crippen molar-refractivity contribution in [1.82, 2.24) is 14.7 Å². The largest absolute Gasteiger partial charge is 0.349 e. The van der Waals surface area contributed by atoms with Gasteiger partial charge in [-0.25, -0.2) is 0 Å². The van der Waals surface area contributed by atoms with Crippen molar-refractivity contribution >= 4 is 5.96 Å². The fraction of sp³-hybridized carbons (Fsp3) is 0.933. The molecule has 0 aromatic carbocycles. The molecule has 0 radical (unpaired) electrons.